The van der Waals surface area contributed by atoms with Crippen molar-refractivity contribution < 1.29 is 22.8 Å². The molecule has 2 heterocycles. The topological polar surface area (TPSA) is 101 Å². The Morgan fingerprint density at radius 2 is 1.76 bits per heavy atom. The first-order valence-electron chi connectivity index (χ1n) is 13.0. The second kappa shape index (κ2) is 12.8. The maximum Gasteiger partial charge on any atom is 0.290 e. The predicted molar refractivity (Wildman–Crippen MR) is 169 cm³/mol. The number of benzene rings is 2. The number of imide groups is 1. The van der Waals surface area contributed by atoms with Crippen molar-refractivity contribution in [1.82, 2.24) is 5.32 Å². The van der Waals surface area contributed by atoms with Crippen LogP contribution in [0.4, 0.5) is 10.5 Å². The monoisotopic (exact) mass is 684 g/mol. The van der Waals surface area contributed by atoms with Crippen molar-refractivity contribution in [3.05, 3.63) is 85.2 Å². The van der Waals surface area contributed by atoms with E-state index in [0.717, 1.165) is 18.4 Å². The number of sulfone groups is 1. The van der Waals surface area contributed by atoms with Gasteiger partial charge in [-0.1, -0.05) is 58.9 Å². The van der Waals surface area contributed by atoms with Crippen LogP contribution < -0.4 is 10.2 Å². The summed E-state index contributed by atoms with van der Waals surface area (Å²) in [4.78, 5) is 39.6. The molecular formula is C29H24Cl4N2O5S2. The number of carbonyl (C=O) groups excluding carboxylic acids is 3. The van der Waals surface area contributed by atoms with Gasteiger partial charge in [-0.05, 0) is 79.4 Å². The number of allylic oxidation sites excluding steroid dienone is 4. The second-order valence-electron chi connectivity index (χ2n) is 10.0. The standard InChI is InChI=1S/C29H24Cl4N2O5S2/c30-20-8-5-16(12-22(20)32)4-2-1-3-11-42(39,40)18-7-10-24-19(14-18)25(26-27(36)34-29(38)41-26)28(37)35(24)15-17-6-9-21(31)23(33)13-17/h5-7,9-10,12-14,20H,1-4,8,11,15H2,(H,34,36,38)/b26-25-. The van der Waals surface area contributed by atoms with E-state index in [4.69, 9.17) is 46.4 Å². The minimum absolute atomic E-state index is 0.0119. The Balaban J connectivity index is 1.36. The number of rotatable bonds is 9. The summed E-state index contributed by atoms with van der Waals surface area (Å²) in [6.07, 6.45) is 7.34. The number of alkyl halides is 1. The Bertz CT molecular complexity index is 1700. The summed E-state index contributed by atoms with van der Waals surface area (Å²) in [7, 11) is -3.70. The third-order valence-electron chi connectivity index (χ3n) is 7.10. The van der Waals surface area contributed by atoms with Crippen LogP contribution in [0, 0.1) is 0 Å². The summed E-state index contributed by atoms with van der Waals surface area (Å²) >= 11 is 25.1. The number of halogens is 4. The van der Waals surface area contributed by atoms with E-state index in [1.165, 1.54) is 17.0 Å². The molecule has 0 aromatic heterocycles. The maximum atomic E-state index is 13.7. The molecule has 42 heavy (non-hydrogen) atoms. The largest absolute Gasteiger partial charge is 0.303 e. The van der Waals surface area contributed by atoms with Gasteiger partial charge in [0.1, 0.15) is 0 Å². The first kappa shape index (κ1) is 31.2. The van der Waals surface area contributed by atoms with Crippen molar-refractivity contribution >= 4 is 96.3 Å². The lowest BCUT2D eigenvalue weighted by molar-refractivity contribution is -0.116. The van der Waals surface area contributed by atoms with E-state index >= 15 is 0 Å². The number of fused-ring (bicyclic) bond motifs is 1. The molecule has 2 aliphatic heterocycles. The van der Waals surface area contributed by atoms with Crippen LogP contribution >= 0.6 is 58.2 Å². The van der Waals surface area contributed by atoms with Gasteiger partial charge in [0.05, 0.1) is 48.8 Å². The Kier molecular flexibility index (Phi) is 9.47. The number of unbranched alkanes of at least 4 members (excludes halogenated alkanes) is 2. The molecule has 5 rings (SSSR count). The summed E-state index contributed by atoms with van der Waals surface area (Å²) in [5, 5.41) is 2.68. The molecule has 1 atom stereocenters. The first-order valence-corrected chi connectivity index (χ1v) is 17.1. The van der Waals surface area contributed by atoms with Crippen LogP contribution in [-0.4, -0.2) is 36.6 Å². The van der Waals surface area contributed by atoms with Crippen LogP contribution in [0.25, 0.3) is 5.57 Å². The van der Waals surface area contributed by atoms with Gasteiger partial charge in [0.2, 0.25) is 0 Å². The highest BCUT2D eigenvalue weighted by atomic mass is 35.5. The van der Waals surface area contributed by atoms with E-state index < -0.39 is 26.9 Å². The summed E-state index contributed by atoms with van der Waals surface area (Å²) in [5.41, 5.74) is 2.46. The highest BCUT2D eigenvalue weighted by Crippen LogP contribution is 2.44. The molecule has 3 amide bonds. The number of anilines is 1. The number of thioether (sulfide) groups is 1. The molecule has 220 valence electrons. The molecule has 1 N–H and O–H groups in total. The molecule has 1 aliphatic carbocycles. The van der Waals surface area contributed by atoms with Gasteiger partial charge < -0.3 is 4.90 Å². The fraction of sp³-hybridized carbons (Fsp3) is 0.276. The van der Waals surface area contributed by atoms with E-state index in [1.807, 2.05) is 6.08 Å². The van der Waals surface area contributed by atoms with Gasteiger partial charge in [0.25, 0.3) is 17.1 Å². The normalized spacial score (nSPS) is 20.5. The van der Waals surface area contributed by atoms with Gasteiger partial charge in [-0.15, -0.1) is 11.6 Å². The molecule has 3 aliphatic rings. The van der Waals surface area contributed by atoms with E-state index in [9.17, 15) is 22.8 Å². The van der Waals surface area contributed by atoms with E-state index in [0.29, 0.717) is 57.4 Å². The summed E-state index contributed by atoms with van der Waals surface area (Å²) in [6, 6.07) is 9.40. The third-order valence-corrected chi connectivity index (χ3v) is 11.4. The van der Waals surface area contributed by atoms with Crippen LogP contribution in [0.5, 0.6) is 0 Å². The van der Waals surface area contributed by atoms with Crippen molar-refractivity contribution in [3.8, 4) is 0 Å². The van der Waals surface area contributed by atoms with Gasteiger partial charge in [-0.25, -0.2) is 8.42 Å². The van der Waals surface area contributed by atoms with E-state index in [2.05, 4.69) is 11.4 Å². The number of hydrogen-bond donors (Lipinski definition) is 1. The molecule has 2 aromatic carbocycles. The molecule has 2 aromatic rings. The molecule has 1 saturated heterocycles. The minimum Gasteiger partial charge on any atom is -0.303 e. The molecule has 0 spiro atoms. The fourth-order valence-electron chi connectivity index (χ4n) is 4.96. The maximum absolute atomic E-state index is 13.7. The summed E-state index contributed by atoms with van der Waals surface area (Å²) in [5.74, 6) is -1.30. The lowest BCUT2D eigenvalue weighted by Crippen LogP contribution is -2.26. The molecular weight excluding hydrogens is 662 g/mol. The van der Waals surface area contributed by atoms with Crippen LogP contribution in [0.15, 0.2) is 69.0 Å². The molecule has 1 unspecified atom stereocenters. The van der Waals surface area contributed by atoms with Crippen molar-refractivity contribution in [2.75, 3.05) is 10.7 Å². The van der Waals surface area contributed by atoms with Crippen LogP contribution in [0.2, 0.25) is 10.0 Å². The number of nitrogens with zero attached hydrogens (tertiary/aromatic N) is 1. The molecule has 13 heteroatoms. The average Bonchev–Trinajstić information content (AvgIpc) is 3.41. The van der Waals surface area contributed by atoms with Crippen LogP contribution in [0.3, 0.4) is 0 Å². The number of nitrogens with one attached hydrogen (secondary N) is 1. The van der Waals surface area contributed by atoms with E-state index in [1.54, 1.807) is 24.3 Å². The van der Waals surface area contributed by atoms with Gasteiger partial charge >= 0.3 is 0 Å². The Morgan fingerprint density at radius 1 is 0.976 bits per heavy atom. The predicted octanol–water partition coefficient (Wildman–Crippen LogP) is 7.63. The third kappa shape index (κ3) is 6.61. The van der Waals surface area contributed by atoms with Crippen molar-refractivity contribution in [2.45, 2.75) is 48.9 Å². The van der Waals surface area contributed by atoms with E-state index in [-0.39, 0.29) is 38.6 Å². The zero-order valence-electron chi connectivity index (χ0n) is 22.0. The highest BCUT2D eigenvalue weighted by molar-refractivity contribution is 8.18. The van der Waals surface area contributed by atoms with Gasteiger partial charge in [0.15, 0.2) is 9.84 Å². The smallest absolute Gasteiger partial charge is 0.290 e. The highest BCUT2D eigenvalue weighted by Gasteiger charge is 2.40. The van der Waals surface area contributed by atoms with Crippen molar-refractivity contribution in [1.29, 1.82) is 0 Å². The van der Waals surface area contributed by atoms with Gasteiger partial charge in [-0.3, -0.25) is 19.7 Å². The number of carbonyl (C=O) groups is 3. The lowest BCUT2D eigenvalue weighted by Gasteiger charge is -2.18. The summed E-state index contributed by atoms with van der Waals surface area (Å²) < 4.78 is 26.6. The number of hydrogen-bond acceptors (Lipinski definition) is 6. The Hall–Kier alpha value is -2.27. The molecule has 7 nitrogen and oxygen atoms in total. The molecule has 1 fully saturated rings. The molecule has 0 bridgehead atoms. The zero-order chi connectivity index (χ0) is 30.2. The van der Waals surface area contributed by atoms with Crippen molar-refractivity contribution in [2.24, 2.45) is 0 Å². The quantitative estimate of drug-likeness (QED) is 0.166. The minimum atomic E-state index is -3.70. The Morgan fingerprint density at radius 3 is 2.45 bits per heavy atom. The second-order valence-corrected chi connectivity index (χ2v) is 14.9. The Labute approximate surface area is 267 Å². The fourth-order valence-corrected chi connectivity index (χ4v) is 7.83. The van der Waals surface area contributed by atoms with Crippen LogP contribution in [-0.2, 0) is 26.0 Å². The lowest BCUT2D eigenvalue weighted by atomic mass is 10.0. The summed E-state index contributed by atoms with van der Waals surface area (Å²) in [6.45, 7) is 0.0915. The van der Waals surface area contributed by atoms with Gasteiger partial charge in [0, 0.05) is 10.6 Å². The van der Waals surface area contributed by atoms with Crippen molar-refractivity contribution in [3.63, 3.8) is 0 Å². The van der Waals surface area contributed by atoms with Gasteiger partial charge in [-0.2, -0.15) is 0 Å². The van der Waals surface area contributed by atoms with Crippen LogP contribution in [0.1, 0.15) is 43.2 Å². The SMILES string of the molecule is O=C1NC(=O)/C(=C2/C(=O)N(Cc3ccc(Cl)c(Cl)c3)c3ccc(S(=O)(=O)CCCCCC4=CCC(Cl)C(Cl)=C4)cc32)S1. The first-order chi connectivity index (χ1) is 19.9. The molecule has 0 saturated carbocycles. The zero-order valence-corrected chi connectivity index (χ0v) is 26.6. The number of amides is 3. The molecule has 0 radical (unpaired) electrons. The average molecular weight is 686 g/mol.